The monoisotopic (exact) mass is 613 g/mol. The summed E-state index contributed by atoms with van der Waals surface area (Å²) in [7, 11) is -5.27. The summed E-state index contributed by atoms with van der Waals surface area (Å²) >= 11 is 0. The largest absolute Gasteiger partial charge is 0.472 e. The molecule has 0 saturated carbocycles. The fraction of sp³-hybridized carbons (Fsp3) is 0.241. The first-order chi connectivity index (χ1) is 20.5. The van der Waals surface area contributed by atoms with Crippen LogP contribution in [0.3, 0.4) is 0 Å². The Kier molecular flexibility index (Phi) is 10.4. The summed E-state index contributed by atoms with van der Waals surface area (Å²) in [4.78, 5) is 70.5. The van der Waals surface area contributed by atoms with Crippen molar-refractivity contribution in [1.29, 1.82) is 0 Å². The second-order valence-electron chi connectivity index (χ2n) is 9.30. The maximum absolute atomic E-state index is 13.2. The maximum Gasteiger partial charge on any atom is 0.472 e. The molecule has 1 saturated heterocycles. The highest BCUT2D eigenvalue weighted by atomic mass is 31.2. The lowest BCUT2D eigenvalue weighted by Gasteiger charge is -2.44. The van der Waals surface area contributed by atoms with E-state index < -0.39 is 68.9 Å². The van der Waals surface area contributed by atoms with Crippen LogP contribution in [0.4, 0.5) is 0 Å². The van der Waals surface area contributed by atoms with Gasteiger partial charge in [-0.15, -0.1) is 0 Å². The molecule has 5 atom stereocenters. The second kappa shape index (κ2) is 14.2. The van der Waals surface area contributed by atoms with E-state index in [0.717, 1.165) is 6.92 Å². The van der Waals surface area contributed by atoms with Crippen LogP contribution in [0.25, 0.3) is 0 Å². The molecule has 14 heteroatoms. The second-order valence-corrected chi connectivity index (χ2v) is 10.5. The van der Waals surface area contributed by atoms with Gasteiger partial charge in [0.15, 0.2) is 18.5 Å². The Labute approximate surface area is 245 Å². The van der Waals surface area contributed by atoms with Crippen molar-refractivity contribution < 1.29 is 57.0 Å². The molecule has 43 heavy (non-hydrogen) atoms. The zero-order valence-electron chi connectivity index (χ0n) is 22.7. The SMILES string of the molecule is CC(=O)NC1C(OC(=O)c2ccccc2)[C@H](OC(=O)c2ccccc2)C(COC(=O)c2ccccc2)O[C@@H]1OP(=O)(O)O. The smallest absolute Gasteiger partial charge is 0.459 e. The minimum absolute atomic E-state index is 0.0863. The molecule has 3 aromatic carbocycles. The minimum atomic E-state index is -5.27. The van der Waals surface area contributed by atoms with E-state index in [4.69, 9.17) is 23.5 Å². The van der Waals surface area contributed by atoms with E-state index in [-0.39, 0.29) is 16.7 Å². The van der Waals surface area contributed by atoms with Crippen molar-refractivity contribution in [1.82, 2.24) is 5.32 Å². The van der Waals surface area contributed by atoms with E-state index in [1.807, 2.05) is 0 Å². The number of amides is 1. The summed E-state index contributed by atoms with van der Waals surface area (Å²) in [6.45, 7) is 0.469. The highest BCUT2D eigenvalue weighted by Gasteiger charge is 2.53. The number of esters is 3. The van der Waals surface area contributed by atoms with Crippen molar-refractivity contribution in [2.24, 2.45) is 0 Å². The zero-order valence-corrected chi connectivity index (χ0v) is 23.6. The van der Waals surface area contributed by atoms with Gasteiger partial charge in [0.25, 0.3) is 0 Å². The lowest BCUT2D eigenvalue weighted by Crippen LogP contribution is -2.66. The molecule has 3 N–H and O–H groups in total. The van der Waals surface area contributed by atoms with Gasteiger partial charge in [-0.25, -0.2) is 18.9 Å². The van der Waals surface area contributed by atoms with Crippen molar-refractivity contribution >= 4 is 31.6 Å². The Morgan fingerprint density at radius 2 is 1.19 bits per heavy atom. The van der Waals surface area contributed by atoms with Gasteiger partial charge in [0, 0.05) is 6.92 Å². The van der Waals surface area contributed by atoms with Gasteiger partial charge in [0.1, 0.15) is 18.8 Å². The Morgan fingerprint density at radius 1 is 0.744 bits per heavy atom. The first kappa shape index (κ1) is 31.5. The van der Waals surface area contributed by atoms with Crippen LogP contribution in [0.2, 0.25) is 0 Å². The lowest BCUT2D eigenvalue weighted by molar-refractivity contribution is -0.247. The first-order valence-corrected chi connectivity index (χ1v) is 14.5. The Morgan fingerprint density at radius 3 is 1.63 bits per heavy atom. The average molecular weight is 614 g/mol. The lowest BCUT2D eigenvalue weighted by atomic mass is 9.96. The van der Waals surface area contributed by atoms with Gasteiger partial charge in [-0.05, 0) is 36.4 Å². The van der Waals surface area contributed by atoms with E-state index in [2.05, 4.69) is 5.32 Å². The first-order valence-electron chi connectivity index (χ1n) is 12.9. The Bertz CT molecular complexity index is 1460. The number of hydrogen-bond acceptors (Lipinski definition) is 10. The van der Waals surface area contributed by atoms with Crippen LogP contribution in [-0.4, -0.2) is 70.9 Å². The highest BCUT2D eigenvalue weighted by Crippen LogP contribution is 2.41. The third-order valence-electron chi connectivity index (χ3n) is 6.15. The molecule has 0 radical (unpaired) electrons. The molecule has 1 heterocycles. The van der Waals surface area contributed by atoms with Crippen LogP contribution in [0.15, 0.2) is 91.0 Å². The topological polar surface area (TPSA) is 184 Å². The molecule has 0 bridgehead atoms. The van der Waals surface area contributed by atoms with Crippen molar-refractivity contribution in [3.63, 3.8) is 0 Å². The third-order valence-corrected chi connectivity index (χ3v) is 6.63. The number of phosphoric acid groups is 1. The molecule has 3 unspecified atom stereocenters. The van der Waals surface area contributed by atoms with Gasteiger partial charge in [-0.2, -0.15) is 0 Å². The third kappa shape index (κ3) is 8.80. The summed E-state index contributed by atoms with van der Waals surface area (Å²) in [6, 6.07) is 21.8. The summed E-state index contributed by atoms with van der Waals surface area (Å²) in [6.07, 6.45) is -6.65. The maximum atomic E-state index is 13.2. The molecule has 13 nitrogen and oxygen atoms in total. The van der Waals surface area contributed by atoms with E-state index in [1.54, 1.807) is 54.6 Å². The predicted molar refractivity (Wildman–Crippen MR) is 147 cm³/mol. The van der Waals surface area contributed by atoms with Crippen molar-refractivity contribution in [3.8, 4) is 0 Å². The molecule has 0 aromatic heterocycles. The van der Waals surface area contributed by atoms with Crippen LogP contribution < -0.4 is 5.32 Å². The number of rotatable bonds is 10. The number of benzene rings is 3. The Balaban J connectivity index is 1.73. The molecule has 0 spiro atoms. The van der Waals surface area contributed by atoms with Crippen LogP contribution in [0.5, 0.6) is 0 Å². The molecule has 3 aromatic rings. The number of hydrogen-bond donors (Lipinski definition) is 3. The summed E-state index contributed by atoms with van der Waals surface area (Å²) in [5, 5.41) is 2.41. The van der Waals surface area contributed by atoms with Gasteiger partial charge >= 0.3 is 25.7 Å². The van der Waals surface area contributed by atoms with Gasteiger partial charge < -0.3 is 34.1 Å². The molecule has 226 valence electrons. The van der Waals surface area contributed by atoms with Crippen LogP contribution in [0, 0.1) is 0 Å². The number of phosphoric ester groups is 1. The van der Waals surface area contributed by atoms with Gasteiger partial charge in [0.2, 0.25) is 5.91 Å². The Hall–Kier alpha value is -4.39. The van der Waals surface area contributed by atoms with Crippen molar-refractivity contribution in [2.75, 3.05) is 6.61 Å². The van der Waals surface area contributed by atoms with Crippen LogP contribution in [0.1, 0.15) is 38.0 Å². The highest BCUT2D eigenvalue weighted by molar-refractivity contribution is 7.46. The molecule has 1 aliphatic rings. The number of carbonyl (C=O) groups excluding carboxylic acids is 4. The fourth-order valence-corrected chi connectivity index (χ4v) is 4.73. The molecular weight excluding hydrogens is 585 g/mol. The van der Waals surface area contributed by atoms with E-state index in [9.17, 15) is 33.5 Å². The summed E-state index contributed by atoms with van der Waals surface area (Å²) in [5.74, 6) is -3.30. The summed E-state index contributed by atoms with van der Waals surface area (Å²) in [5.41, 5.74) is 0.380. The fourth-order valence-electron chi connectivity index (χ4n) is 4.28. The van der Waals surface area contributed by atoms with Crippen molar-refractivity contribution in [3.05, 3.63) is 108 Å². The van der Waals surface area contributed by atoms with E-state index >= 15 is 0 Å². The number of nitrogens with one attached hydrogen (secondary N) is 1. The number of ether oxygens (including phenoxy) is 4. The molecule has 1 aliphatic heterocycles. The van der Waals surface area contributed by atoms with Crippen molar-refractivity contribution in [2.45, 2.75) is 37.6 Å². The van der Waals surface area contributed by atoms with Crippen LogP contribution in [-0.2, 0) is 32.8 Å². The molecule has 1 fully saturated rings. The normalized spacial score (nSPS) is 21.7. The van der Waals surface area contributed by atoms with Gasteiger partial charge in [-0.3, -0.25) is 9.32 Å². The molecule has 4 rings (SSSR count). The van der Waals surface area contributed by atoms with Gasteiger partial charge in [-0.1, -0.05) is 54.6 Å². The molecular formula is C29H28NO12P. The zero-order chi connectivity index (χ0) is 31.0. The summed E-state index contributed by atoms with van der Waals surface area (Å²) < 4.78 is 39.3. The molecule has 1 amide bonds. The van der Waals surface area contributed by atoms with E-state index in [1.165, 1.54) is 36.4 Å². The van der Waals surface area contributed by atoms with Gasteiger partial charge in [0.05, 0.1) is 16.7 Å². The quantitative estimate of drug-likeness (QED) is 0.173. The van der Waals surface area contributed by atoms with Crippen LogP contribution >= 0.6 is 7.82 Å². The van der Waals surface area contributed by atoms with E-state index in [0.29, 0.717) is 0 Å². The average Bonchev–Trinajstić information content (AvgIpc) is 2.99. The molecule has 0 aliphatic carbocycles. The standard InChI is InChI=1S/C29H28NO12P/c1-18(31)30-23-25(41-28(34)21-15-9-4-10-16-21)24(40-27(33)20-13-7-3-8-14-20)22(39-29(23)42-43(35,36)37)17-38-26(32)19-11-5-2-6-12-19/h2-16,22-25,29H,17H2,1H3,(H,30,31)(H2,35,36,37)/t22?,23?,24-,25?,29-/m1/s1. The number of carbonyl (C=O) groups is 4. The predicted octanol–water partition coefficient (Wildman–Crippen LogP) is 2.63. The minimum Gasteiger partial charge on any atom is -0.459 e.